The van der Waals surface area contributed by atoms with E-state index in [1.807, 2.05) is 6.92 Å². The highest BCUT2D eigenvalue weighted by Crippen LogP contribution is 2.42. The van der Waals surface area contributed by atoms with Crippen molar-refractivity contribution in [2.75, 3.05) is 20.3 Å². The Balaban J connectivity index is 2.11. The maximum Gasteiger partial charge on any atom is 0.193 e. The Labute approximate surface area is 171 Å². The van der Waals surface area contributed by atoms with Crippen LogP contribution in [0.1, 0.15) is 61.8 Å². The van der Waals surface area contributed by atoms with E-state index >= 15 is 0 Å². The average molecular weight is 399 g/mol. The minimum Gasteiger partial charge on any atom is -0.492 e. The first-order valence-electron chi connectivity index (χ1n) is 10.0. The van der Waals surface area contributed by atoms with E-state index in [2.05, 4.69) is 31.4 Å². The summed E-state index contributed by atoms with van der Waals surface area (Å²) in [7, 11) is 1.68. The molecule has 1 aliphatic rings. The second kappa shape index (κ2) is 8.11. The number of fused-ring (bicyclic) bond motifs is 3. The quantitative estimate of drug-likeness (QED) is 0.544. The number of nitrogens with zero attached hydrogens (tertiary/aromatic N) is 2. The molecule has 0 N–H and O–H groups in total. The summed E-state index contributed by atoms with van der Waals surface area (Å²) < 4.78 is 13.1. The van der Waals surface area contributed by atoms with Gasteiger partial charge in [0.1, 0.15) is 5.75 Å². The Bertz CT molecular complexity index is 986. The Kier molecular flexibility index (Phi) is 5.94. The summed E-state index contributed by atoms with van der Waals surface area (Å²) in [6.45, 7) is 11.1. The molecule has 2 aromatic rings. The van der Waals surface area contributed by atoms with Crippen LogP contribution in [0.15, 0.2) is 23.1 Å². The van der Waals surface area contributed by atoms with Gasteiger partial charge in [-0.25, -0.2) is 4.98 Å². The molecule has 2 aromatic heterocycles. The van der Waals surface area contributed by atoms with Gasteiger partial charge in [-0.2, -0.15) is 0 Å². The lowest BCUT2D eigenvalue weighted by Crippen LogP contribution is -2.33. The third-order valence-corrected chi connectivity index (χ3v) is 5.45. The molecular weight excluding hydrogens is 368 g/mol. The summed E-state index contributed by atoms with van der Waals surface area (Å²) in [6, 6.07) is 3.70. The highest BCUT2D eigenvalue weighted by atomic mass is 16.5. The fourth-order valence-corrected chi connectivity index (χ4v) is 3.83. The molecule has 0 radical (unpaired) electrons. The third kappa shape index (κ3) is 4.27. The molecule has 0 fully saturated rings. The van der Waals surface area contributed by atoms with Crippen LogP contribution in [0.4, 0.5) is 0 Å². The summed E-state index contributed by atoms with van der Waals surface area (Å²) in [4.78, 5) is 29.3. The molecule has 0 aliphatic carbocycles. The zero-order valence-corrected chi connectivity index (χ0v) is 18.2. The summed E-state index contributed by atoms with van der Waals surface area (Å²) >= 11 is 0. The number of aryl methyl sites for hydroxylation is 1. The topological polar surface area (TPSA) is 70.4 Å². The van der Waals surface area contributed by atoms with E-state index < -0.39 is 0 Å². The number of hydrogen-bond donors (Lipinski definition) is 0. The van der Waals surface area contributed by atoms with E-state index in [0.29, 0.717) is 13.2 Å². The molecule has 6 heteroatoms. The predicted molar refractivity (Wildman–Crippen MR) is 113 cm³/mol. The van der Waals surface area contributed by atoms with Crippen LogP contribution in [-0.2, 0) is 11.2 Å². The number of rotatable bonds is 6. The molecule has 0 saturated carbocycles. The molecule has 6 nitrogen and oxygen atoms in total. The van der Waals surface area contributed by atoms with Gasteiger partial charge in [-0.15, -0.1) is 0 Å². The number of carbonyl (C=O) groups is 1. The normalized spacial score (nSPS) is 15.6. The van der Waals surface area contributed by atoms with Crippen LogP contribution in [0.2, 0.25) is 0 Å². The van der Waals surface area contributed by atoms with Crippen molar-refractivity contribution in [1.82, 2.24) is 9.55 Å². The van der Waals surface area contributed by atoms with Gasteiger partial charge in [-0.3, -0.25) is 9.59 Å². The van der Waals surface area contributed by atoms with Crippen LogP contribution < -0.4 is 10.2 Å². The largest absolute Gasteiger partial charge is 0.492 e. The smallest absolute Gasteiger partial charge is 0.193 e. The summed E-state index contributed by atoms with van der Waals surface area (Å²) in [5.74, 6) is 0.552. The zero-order valence-electron chi connectivity index (χ0n) is 18.2. The monoisotopic (exact) mass is 398 g/mol. The number of hydrogen-bond acceptors (Lipinski definition) is 5. The average Bonchev–Trinajstić information content (AvgIpc) is 2.63. The second-order valence-corrected chi connectivity index (χ2v) is 8.76. The number of carbonyl (C=O) groups excluding carboxylic acids is 1. The fourth-order valence-electron chi connectivity index (χ4n) is 3.83. The molecule has 1 aliphatic heterocycles. The van der Waals surface area contributed by atoms with Crippen molar-refractivity contribution in [1.29, 1.82) is 0 Å². The van der Waals surface area contributed by atoms with Crippen LogP contribution in [0, 0.1) is 12.3 Å². The molecule has 0 saturated heterocycles. The molecule has 156 valence electrons. The van der Waals surface area contributed by atoms with Gasteiger partial charge in [0.25, 0.3) is 0 Å². The number of methoxy groups -OCH3 is 1. The number of ether oxygens (including phenoxy) is 2. The van der Waals surface area contributed by atoms with Crippen molar-refractivity contribution in [3.05, 3.63) is 45.4 Å². The predicted octanol–water partition coefficient (Wildman–Crippen LogP) is 3.98. The number of ketones is 1. The van der Waals surface area contributed by atoms with Gasteiger partial charge in [0.05, 0.1) is 29.3 Å². The number of aromatic nitrogens is 2. The highest BCUT2D eigenvalue weighted by molar-refractivity contribution is 5.94. The van der Waals surface area contributed by atoms with Crippen LogP contribution in [0.5, 0.6) is 5.75 Å². The molecule has 0 bridgehead atoms. The third-order valence-electron chi connectivity index (χ3n) is 5.45. The van der Waals surface area contributed by atoms with Gasteiger partial charge in [0.2, 0.25) is 0 Å². The molecule has 0 amide bonds. The van der Waals surface area contributed by atoms with Crippen molar-refractivity contribution in [3.8, 4) is 17.1 Å². The maximum absolute atomic E-state index is 12.6. The van der Waals surface area contributed by atoms with Crippen LogP contribution in [-0.4, -0.2) is 35.7 Å². The Morgan fingerprint density at radius 3 is 2.62 bits per heavy atom. The van der Waals surface area contributed by atoms with E-state index in [4.69, 9.17) is 14.5 Å². The van der Waals surface area contributed by atoms with Crippen LogP contribution in [0.3, 0.4) is 0 Å². The minimum absolute atomic E-state index is 0.0695. The first-order chi connectivity index (χ1) is 13.6. The zero-order chi connectivity index (χ0) is 21.3. The Morgan fingerprint density at radius 2 is 2.00 bits per heavy atom. The van der Waals surface area contributed by atoms with Gasteiger partial charge >= 0.3 is 0 Å². The summed E-state index contributed by atoms with van der Waals surface area (Å²) in [6.07, 6.45) is 3.28. The lowest BCUT2D eigenvalue weighted by atomic mass is 9.79. The SMILES string of the molecule is COCCCOc1cc2c(nc1C)-c1cc(=O)c(C(C)=O)cn1[C@H](C(C)(C)C)C2. The molecule has 0 spiro atoms. The second-order valence-electron chi connectivity index (χ2n) is 8.76. The van der Waals surface area contributed by atoms with E-state index in [1.54, 1.807) is 19.4 Å². The lowest BCUT2D eigenvalue weighted by molar-refractivity contribution is 0.101. The minimum atomic E-state index is -0.261. The Hall–Kier alpha value is -2.47. The van der Waals surface area contributed by atoms with Gasteiger partial charge in [0.15, 0.2) is 11.2 Å². The van der Waals surface area contributed by atoms with E-state index in [1.165, 1.54) is 6.92 Å². The van der Waals surface area contributed by atoms with Crippen molar-refractivity contribution >= 4 is 5.78 Å². The number of Topliss-reactive ketones (excluding diaryl/α,β-unsaturated/α-hetero) is 1. The van der Waals surface area contributed by atoms with E-state index in [9.17, 15) is 9.59 Å². The number of pyridine rings is 2. The highest BCUT2D eigenvalue weighted by Gasteiger charge is 2.34. The molecule has 0 unspecified atom stereocenters. The van der Waals surface area contributed by atoms with Crippen molar-refractivity contribution in [2.24, 2.45) is 5.41 Å². The van der Waals surface area contributed by atoms with Gasteiger partial charge in [-0.1, -0.05) is 20.8 Å². The van der Waals surface area contributed by atoms with Gasteiger partial charge in [-0.05, 0) is 37.3 Å². The summed E-state index contributed by atoms with van der Waals surface area (Å²) in [5.41, 5.74) is 3.29. The van der Waals surface area contributed by atoms with Crippen LogP contribution >= 0.6 is 0 Å². The van der Waals surface area contributed by atoms with E-state index in [-0.39, 0.29) is 28.2 Å². The molecule has 1 atom stereocenters. The van der Waals surface area contributed by atoms with E-state index in [0.717, 1.165) is 41.2 Å². The first-order valence-corrected chi connectivity index (χ1v) is 10.0. The maximum atomic E-state index is 12.6. The van der Waals surface area contributed by atoms with Crippen molar-refractivity contribution in [2.45, 2.75) is 53.5 Å². The van der Waals surface area contributed by atoms with Gasteiger partial charge < -0.3 is 14.0 Å². The lowest BCUT2D eigenvalue weighted by Gasteiger charge is -2.38. The van der Waals surface area contributed by atoms with Crippen molar-refractivity contribution < 1.29 is 14.3 Å². The molecule has 29 heavy (non-hydrogen) atoms. The van der Waals surface area contributed by atoms with Crippen LogP contribution in [0.25, 0.3) is 11.4 Å². The van der Waals surface area contributed by atoms with Gasteiger partial charge in [0, 0.05) is 38.4 Å². The fraction of sp³-hybridized carbons (Fsp3) is 0.522. The Morgan fingerprint density at radius 1 is 1.28 bits per heavy atom. The molecule has 3 rings (SSSR count). The molecule has 0 aromatic carbocycles. The molecule has 3 heterocycles. The molecular formula is C23H30N2O4. The van der Waals surface area contributed by atoms with Crippen molar-refractivity contribution in [3.63, 3.8) is 0 Å². The summed E-state index contributed by atoms with van der Waals surface area (Å²) in [5, 5.41) is 0. The first kappa shape index (κ1) is 21.2. The standard InChI is InChI=1S/C23H30N2O4/c1-14-20(29-9-7-8-28-6)10-16-11-21(23(3,4)5)25-13-17(15(2)26)19(27)12-18(25)22(16)24-14/h10,12-13,21H,7-9,11H2,1-6H3/t21-/m0/s1.